The zero-order valence-corrected chi connectivity index (χ0v) is 11.3. The second kappa shape index (κ2) is 4.77. The second-order valence-electron chi connectivity index (χ2n) is 4.03. The minimum Gasteiger partial charge on any atom is -0.375 e. The van der Waals surface area contributed by atoms with Crippen LogP contribution in [0.25, 0.3) is 0 Å². The summed E-state index contributed by atoms with van der Waals surface area (Å²) >= 11 is 1.25. The maximum Gasteiger partial charge on any atom is 0.271 e. The van der Waals surface area contributed by atoms with Crippen LogP contribution in [0.1, 0.15) is 27.4 Å². The minimum absolute atomic E-state index is 0.217. The van der Waals surface area contributed by atoms with Crippen LogP contribution in [-0.4, -0.2) is 20.7 Å². The molecule has 3 N–H and O–H groups in total. The van der Waals surface area contributed by atoms with Gasteiger partial charge in [0.25, 0.3) is 5.91 Å². The number of anilines is 1. The highest BCUT2D eigenvalue weighted by Crippen LogP contribution is 2.13. The summed E-state index contributed by atoms with van der Waals surface area (Å²) < 4.78 is 1.80. The Labute approximate surface area is 109 Å². The molecule has 6 nitrogen and oxygen atoms in total. The van der Waals surface area contributed by atoms with E-state index in [0.717, 1.165) is 17.0 Å². The number of aryl methyl sites for hydroxylation is 2. The summed E-state index contributed by atoms with van der Waals surface area (Å²) in [4.78, 5) is 15.7. The Morgan fingerprint density at radius 1 is 1.56 bits per heavy atom. The smallest absolute Gasteiger partial charge is 0.271 e. The normalized spacial score (nSPS) is 10.6. The molecule has 2 aromatic heterocycles. The van der Waals surface area contributed by atoms with Gasteiger partial charge in [0, 0.05) is 30.2 Å². The number of thiazole rings is 1. The van der Waals surface area contributed by atoms with Crippen molar-refractivity contribution in [2.75, 3.05) is 5.73 Å². The Hall–Kier alpha value is -1.89. The van der Waals surface area contributed by atoms with Crippen LogP contribution in [0.2, 0.25) is 0 Å². The minimum atomic E-state index is -0.217. The predicted octanol–water partition coefficient (Wildman–Crippen LogP) is 1.01. The van der Waals surface area contributed by atoms with Gasteiger partial charge >= 0.3 is 0 Å². The van der Waals surface area contributed by atoms with Crippen molar-refractivity contribution in [2.45, 2.75) is 20.4 Å². The fourth-order valence-corrected chi connectivity index (χ4v) is 2.27. The highest BCUT2D eigenvalue weighted by Gasteiger charge is 2.13. The van der Waals surface area contributed by atoms with Crippen LogP contribution >= 0.6 is 11.3 Å². The first-order valence-corrected chi connectivity index (χ1v) is 6.35. The summed E-state index contributed by atoms with van der Waals surface area (Å²) in [6.45, 7) is 4.35. The zero-order valence-electron chi connectivity index (χ0n) is 10.5. The summed E-state index contributed by atoms with van der Waals surface area (Å²) in [5.74, 6) is -0.217. The number of carbonyl (C=O) groups excluding carboxylic acids is 1. The highest BCUT2D eigenvalue weighted by atomic mass is 32.1. The molecule has 0 aliphatic carbocycles. The van der Waals surface area contributed by atoms with E-state index in [0.29, 0.717) is 17.4 Å². The lowest BCUT2D eigenvalue weighted by molar-refractivity contribution is 0.0946. The number of hydrogen-bond donors (Lipinski definition) is 2. The molecule has 0 radical (unpaired) electrons. The monoisotopic (exact) mass is 265 g/mol. The molecule has 96 valence electrons. The van der Waals surface area contributed by atoms with Crippen molar-refractivity contribution in [3.05, 3.63) is 28.0 Å². The molecular formula is C11H15N5OS. The van der Waals surface area contributed by atoms with Crippen molar-refractivity contribution in [3.63, 3.8) is 0 Å². The fraction of sp³-hybridized carbons (Fsp3) is 0.364. The highest BCUT2D eigenvalue weighted by molar-refractivity contribution is 7.13. The van der Waals surface area contributed by atoms with E-state index in [2.05, 4.69) is 15.4 Å². The Balaban J connectivity index is 2.06. The first-order valence-electron chi connectivity index (χ1n) is 5.47. The number of amides is 1. The van der Waals surface area contributed by atoms with Crippen LogP contribution in [0.3, 0.4) is 0 Å². The zero-order chi connectivity index (χ0) is 13.3. The molecule has 18 heavy (non-hydrogen) atoms. The van der Waals surface area contributed by atoms with Gasteiger partial charge in [0.1, 0.15) is 5.69 Å². The number of hydrogen-bond acceptors (Lipinski definition) is 5. The van der Waals surface area contributed by atoms with Gasteiger partial charge in [-0.15, -0.1) is 11.3 Å². The van der Waals surface area contributed by atoms with Crippen molar-refractivity contribution in [2.24, 2.45) is 7.05 Å². The summed E-state index contributed by atoms with van der Waals surface area (Å²) in [5.41, 5.74) is 8.85. The third kappa shape index (κ3) is 2.35. The van der Waals surface area contributed by atoms with Crippen LogP contribution in [0.15, 0.2) is 5.38 Å². The van der Waals surface area contributed by atoms with Gasteiger partial charge in [0.2, 0.25) is 0 Å². The molecule has 2 aromatic rings. The van der Waals surface area contributed by atoms with Gasteiger partial charge in [0.05, 0.1) is 5.69 Å². The Kier molecular flexibility index (Phi) is 3.33. The number of rotatable bonds is 3. The van der Waals surface area contributed by atoms with Crippen LogP contribution in [0.4, 0.5) is 5.13 Å². The van der Waals surface area contributed by atoms with E-state index >= 15 is 0 Å². The first-order chi connectivity index (χ1) is 8.49. The van der Waals surface area contributed by atoms with E-state index in [1.807, 2.05) is 20.9 Å². The molecule has 0 fully saturated rings. The van der Waals surface area contributed by atoms with Crippen molar-refractivity contribution in [1.82, 2.24) is 20.1 Å². The number of aromatic nitrogens is 3. The van der Waals surface area contributed by atoms with Gasteiger partial charge in [-0.3, -0.25) is 9.48 Å². The standard InChI is InChI=1S/C11H15N5OS/c1-6-8(7(2)16(3)15-6)4-13-10(17)9-5-18-11(12)14-9/h5H,4H2,1-3H3,(H2,12,14)(H,13,17). The average Bonchev–Trinajstić information content (AvgIpc) is 2.83. The molecule has 0 aliphatic heterocycles. The molecule has 7 heteroatoms. The molecular weight excluding hydrogens is 250 g/mol. The van der Waals surface area contributed by atoms with Gasteiger partial charge in [-0.2, -0.15) is 5.10 Å². The molecule has 0 unspecified atom stereocenters. The van der Waals surface area contributed by atoms with Crippen LogP contribution in [0.5, 0.6) is 0 Å². The largest absolute Gasteiger partial charge is 0.375 e. The Morgan fingerprint density at radius 2 is 2.28 bits per heavy atom. The topological polar surface area (TPSA) is 85.8 Å². The van der Waals surface area contributed by atoms with Gasteiger partial charge in [-0.05, 0) is 13.8 Å². The van der Waals surface area contributed by atoms with Gasteiger partial charge < -0.3 is 11.1 Å². The molecule has 0 atom stereocenters. The molecule has 0 aromatic carbocycles. The van der Waals surface area contributed by atoms with Gasteiger partial charge in [-0.25, -0.2) is 4.98 Å². The number of nitrogen functional groups attached to an aromatic ring is 1. The van der Waals surface area contributed by atoms with Crippen molar-refractivity contribution >= 4 is 22.4 Å². The third-order valence-electron chi connectivity index (χ3n) is 2.84. The second-order valence-corrected chi connectivity index (χ2v) is 4.92. The van der Waals surface area contributed by atoms with Crippen LogP contribution in [0, 0.1) is 13.8 Å². The quantitative estimate of drug-likeness (QED) is 0.867. The Bertz CT molecular complexity index is 586. The molecule has 0 bridgehead atoms. The third-order valence-corrected chi connectivity index (χ3v) is 3.51. The molecule has 1 amide bonds. The molecule has 2 rings (SSSR count). The van der Waals surface area contributed by atoms with E-state index in [9.17, 15) is 4.79 Å². The van der Waals surface area contributed by atoms with E-state index in [-0.39, 0.29) is 5.91 Å². The molecule has 0 saturated heterocycles. The fourth-order valence-electron chi connectivity index (χ4n) is 1.72. The lowest BCUT2D eigenvalue weighted by Gasteiger charge is -2.04. The van der Waals surface area contributed by atoms with Crippen molar-refractivity contribution in [1.29, 1.82) is 0 Å². The van der Waals surface area contributed by atoms with Crippen LogP contribution in [-0.2, 0) is 13.6 Å². The van der Waals surface area contributed by atoms with Crippen molar-refractivity contribution in [3.8, 4) is 0 Å². The summed E-state index contributed by atoms with van der Waals surface area (Å²) in [6, 6.07) is 0. The summed E-state index contributed by atoms with van der Waals surface area (Å²) in [5, 5.41) is 9.16. The number of carbonyl (C=O) groups is 1. The molecule has 0 spiro atoms. The maximum atomic E-state index is 11.8. The molecule has 2 heterocycles. The van der Waals surface area contributed by atoms with Gasteiger partial charge in [0.15, 0.2) is 5.13 Å². The van der Waals surface area contributed by atoms with Crippen LogP contribution < -0.4 is 11.1 Å². The van der Waals surface area contributed by atoms with E-state index < -0.39 is 0 Å². The number of nitrogens with zero attached hydrogens (tertiary/aromatic N) is 3. The molecule has 0 saturated carbocycles. The predicted molar refractivity (Wildman–Crippen MR) is 70.4 cm³/mol. The van der Waals surface area contributed by atoms with Gasteiger partial charge in [-0.1, -0.05) is 0 Å². The lowest BCUT2D eigenvalue weighted by atomic mass is 10.2. The molecule has 0 aliphatic rings. The van der Waals surface area contributed by atoms with Crippen molar-refractivity contribution < 1.29 is 4.79 Å². The summed E-state index contributed by atoms with van der Waals surface area (Å²) in [6.07, 6.45) is 0. The first kappa shape index (κ1) is 12.6. The maximum absolute atomic E-state index is 11.8. The van der Waals surface area contributed by atoms with E-state index in [4.69, 9.17) is 5.73 Å². The average molecular weight is 265 g/mol. The summed E-state index contributed by atoms with van der Waals surface area (Å²) in [7, 11) is 1.88. The Morgan fingerprint density at radius 3 is 2.78 bits per heavy atom. The number of nitrogens with two attached hydrogens (primary N) is 1. The van der Waals surface area contributed by atoms with E-state index in [1.54, 1.807) is 10.1 Å². The SMILES string of the molecule is Cc1nn(C)c(C)c1CNC(=O)c1csc(N)n1. The lowest BCUT2D eigenvalue weighted by Crippen LogP contribution is -2.23. The van der Waals surface area contributed by atoms with E-state index in [1.165, 1.54) is 11.3 Å². The number of nitrogens with one attached hydrogen (secondary N) is 1.